The zero-order chi connectivity index (χ0) is 27.1. The first-order chi connectivity index (χ1) is 17.6. The molecule has 0 saturated heterocycles. The lowest BCUT2D eigenvalue weighted by Crippen LogP contribution is -2.57. The minimum Gasteiger partial charge on any atom is -0.480 e. The molecule has 1 aromatic carbocycles. The van der Waals surface area contributed by atoms with Gasteiger partial charge in [-0.15, -0.1) is 0 Å². The van der Waals surface area contributed by atoms with Gasteiger partial charge >= 0.3 is 5.97 Å². The van der Waals surface area contributed by atoms with Gasteiger partial charge < -0.3 is 36.8 Å². The maximum Gasteiger partial charge on any atom is 0.326 e. The maximum atomic E-state index is 13.2. The highest BCUT2D eigenvalue weighted by Gasteiger charge is 2.30. The largest absolute Gasteiger partial charge is 0.480 e. The zero-order valence-corrected chi connectivity index (χ0v) is 20.9. The summed E-state index contributed by atoms with van der Waals surface area (Å²) in [6, 6.07) is 3.31. The summed E-state index contributed by atoms with van der Waals surface area (Å²) in [5.41, 5.74) is 7.99. The number of amides is 3. The van der Waals surface area contributed by atoms with E-state index in [1.807, 2.05) is 24.3 Å². The molecule has 3 amide bonds. The van der Waals surface area contributed by atoms with Crippen LogP contribution in [-0.2, 0) is 32.0 Å². The van der Waals surface area contributed by atoms with Crippen LogP contribution in [0.25, 0.3) is 10.9 Å². The molecule has 0 saturated carbocycles. The Balaban J connectivity index is 1.73. The smallest absolute Gasteiger partial charge is 0.326 e. The van der Waals surface area contributed by atoms with Gasteiger partial charge in [0.1, 0.15) is 18.1 Å². The first-order valence-corrected chi connectivity index (χ1v) is 12.0. The second-order valence-corrected chi connectivity index (χ2v) is 9.31. The summed E-state index contributed by atoms with van der Waals surface area (Å²) >= 11 is 0. The lowest BCUT2D eigenvalue weighted by molar-refractivity contribution is -0.142. The molecule has 12 nitrogen and oxygen atoms in total. The molecule has 4 atom stereocenters. The summed E-state index contributed by atoms with van der Waals surface area (Å²) in [6.07, 6.45) is 4.71. The van der Waals surface area contributed by atoms with Gasteiger partial charge in [-0.3, -0.25) is 14.4 Å². The number of carboxylic acid groups (broad SMARTS) is 1. The molecule has 37 heavy (non-hydrogen) atoms. The van der Waals surface area contributed by atoms with Crippen LogP contribution in [0.3, 0.4) is 0 Å². The fourth-order valence-corrected chi connectivity index (χ4v) is 3.79. The van der Waals surface area contributed by atoms with E-state index in [1.165, 1.54) is 19.4 Å². The SMILES string of the molecule is CC(NC(=O)C(N)C(C)C)C(=O)NC(Cc1cnc[nH]1)C(=O)NC(Cc1c[nH]c2ccccc12)C(=O)O. The number of carbonyl (C=O) groups is 4. The van der Waals surface area contributed by atoms with Crippen molar-refractivity contribution in [1.29, 1.82) is 0 Å². The van der Waals surface area contributed by atoms with Crippen LogP contribution in [0.4, 0.5) is 0 Å². The summed E-state index contributed by atoms with van der Waals surface area (Å²) in [5, 5.41) is 18.4. The highest BCUT2D eigenvalue weighted by molar-refractivity contribution is 5.94. The van der Waals surface area contributed by atoms with E-state index in [0.717, 1.165) is 16.5 Å². The van der Waals surface area contributed by atoms with Gasteiger partial charge in [0.25, 0.3) is 0 Å². The van der Waals surface area contributed by atoms with Crippen LogP contribution in [0.2, 0.25) is 0 Å². The molecule has 8 N–H and O–H groups in total. The van der Waals surface area contributed by atoms with E-state index < -0.39 is 47.9 Å². The van der Waals surface area contributed by atoms with Gasteiger partial charge in [-0.05, 0) is 24.5 Å². The van der Waals surface area contributed by atoms with Crippen LogP contribution in [0.1, 0.15) is 32.0 Å². The van der Waals surface area contributed by atoms with Crippen LogP contribution in [-0.4, -0.2) is 67.9 Å². The number of fused-ring (bicyclic) bond motifs is 1. The van der Waals surface area contributed by atoms with Crippen molar-refractivity contribution in [2.45, 2.75) is 57.8 Å². The van der Waals surface area contributed by atoms with E-state index >= 15 is 0 Å². The van der Waals surface area contributed by atoms with Crippen molar-refractivity contribution in [3.8, 4) is 0 Å². The highest BCUT2D eigenvalue weighted by atomic mass is 16.4. The van der Waals surface area contributed by atoms with E-state index in [1.54, 1.807) is 20.0 Å². The molecule has 0 radical (unpaired) electrons. The minimum absolute atomic E-state index is 0.0309. The number of hydrogen-bond donors (Lipinski definition) is 7. The number of aromatic amines is 2. The van der Waals surface area contributed by atoms with Crippen LogP contribution in [0.5, 0.6) is 0 Å². The second kappa shape index (κ2) is 12.2. The fraction of sp³-hybridized carbons (Fsp3) is 0.400. The van der Waals surface area contributed by atoms with Crippen LogP contribution in [0.15, 0.2) is 43.0 Å². The summed E-state index contributed by atoms with van der Waals surface area (Å²) in [5.74, 6) is -3.13. The number of aliphatic carboxylic acids is 1. The third-order valence-corrected chi connectivity index (χ3v) is 6.10. The number of para-hydroxylation sites is 1. The second-order valence-electron chi connectivity index (χ2n) is 9.31. The van der Waals surface area contributed by atoms with Gasteiger partial charge in [0, 0.05) is 41.8 Å². The summed E-state index contributed by atoms with van der Waals surface area (Å²) in [6.45, 7) is 5.05. The highest BCUT2D eigenvalue weighted by Crippen LogP contribution is 2.19. The number of imidazole rings is 1. The molecule has 198 valence electrons. The Morgan fingerprint density at radius 3 is 2.30 bits per heavy atom. The summed E-state index contributed by atoms with van der Waals surface area (Å²) < 4.78 is 0. The van der Waals surface area contributed by atoms with Gasteiger partial charge in [0.05, 0.1) is 12.4 Å². The number of nitrogens with one attached hydrogen (secondary N) is 5. The number of H-pyrrole nitrogens is 2. The molecular weight excluding hydrogens is 478 g/mol. The van der Waals surface area contributed by atoms with E-state index in [9.17, 15) is 24.3 Å². The van der Waals surface area contributed by atoms with E-state index in [4.69, 9.17) is 5.73 Å². The first kappa shape index (κ1) is 27.4. The average Bonchev–Trinajstić information content (AvgIpc) is 3.52. The van der Waals surface area contributed by atoms with Crippen molar-refractivity contribution in [2.75, 3.05) is 0 Å². The molecule has 2 aromatic heterocycles. The Kier molecular flexibility index (Phi) is 9.01. The Morgan fingerprint density at radius 1 is 0.946 bits per heavy atom. The summed E-state index contributed by atoms with van der Waals surface area (Å²) in [4.78, 5) is 60.2. The third-order valence-electron chi connectivity index (χ3n) is 6.10. The van der Waals surface area contributed by atoms with Gasteiger partial charge in [0.15, 0.2) is 0 Å². The fourth-order valence-electron chi connectivity index (χ4n) is 3.79. The van der Waals surface area contributed by atoms with Crippen molar-refractivity contribution in [1.82, 2.24) is 30.9 Å². The molecule has 3 rings (SSSR count). The number of nitrogens with zero attached hydrogens (tertiary/aromatic N) is 1. The standard InChI is InChI=1S/C25H33N7O5/c1-13(2)21(26)24(35)30-14(3)22(33)31-19(9-16-11-27-12-29-16)23(34)32-20(25(36)37)8-15-10-28-18-7-5-4-6-17(15)18/h4-7,10-14,19-21,28H,8-9,26H2,1-3H3,(H,27,29)(H,30,35)(H,31,33)(H,32,34)(H,36,37). The lowest BCUT2D eigenvalue weighted by atomic mass is 10.0. The number of rotatable bonds is 12. The van der Waals surface area contributed by atoms with Crippen molar-refractivity contribution in [3.05, 3.63) is 54.2 Å². The lowest BCUT2D eigenvalue weighted by Gasteiger charge is -2.24. The van der Waals surface area contributed by atoms with Gasteiger partial charge in [0.2, 0.25) is 17.7 Å². The molecule has 0 bridgehead atoms. The monoisotopic (exact) mass is 511 g/mol. The number of hydrogen-bond acceptors (Lipinski definition) is 6. The van der Waals surface area contributed by atoms with Crippen LogP contribution in [0, 0.1) is 5.92 Å². The molecule has 0 aliphatic carbocycles. The Morgan fingerprint density at radius 2 is 1.65 bits per heavy atom. The normalized spacial score (nSPS) is 14.5. The Bertz CT molecular complexity index is 1240. The number of carboxylic acids is 1. The zero-order valence-electron chi connectivity index (χ0n) is 20.9. The summed E-state index contributed by atoms with van der Waals surface area (Å²) in [7, 11) is 0. The predicted molar refractivity (Wildman–Crippen MR) is 136 cm³/mol. The predicted octanol–water partition coefficient (Wildman–Crippen LogP) is 0.218. The topological polar surface area (TPSA) is 195 Å². The quantitative estimate of drug-likeness (QED) is 0.180. The van der Waals surface area contributed by atoms with Crippen LogP contribution < -0.4 is 21.7 Å². The molecule has 0 aliphatic rings. The number of aromatic nitrogens is 3. The maximum absolute atomic E-state index is 13.2. The molecule has 0 aliphatic heterocycles. The van der Waals surface area contributed by atoms with Crippen molar-refractivity contribution in [2.24, 2.45) is 11.7 Å². The van der Waals surface area contributed by atoms with Crippen molar-refractivity contribution < 1.29 is 24.3 Å². The van der Waals surface area contributed by atoms with Gasteiger partial charge in [-0.1, -0.05) is 32.0 Å². The molecule has 2 heterocycles. The number of benzene rings is 1. The molecule has 12 heteroatoms. The molecule has 4 unspecified atom stereocenters. The third kappa shape index (κ3) is 7.17. The number of nitrogens with two attached hydrogens (primary N) is 1. The van der Waals surface area contributed by atoms with Gasteiger partial charge in [-0.25, -0.2) is 9.78 Å². The van der Waals surface area contributed by atoms with Gasteiger partial charge in [-0.2, -0.15) is 0 Å². The Hall–Kier alpha value is -4.19. The first-order valence-electron chi connectivity index (χ1n) is 12.0. The number of carbonyl (C=O) groups excluding carboxylic acids is 3. The molecular formula is C25H33N7O5. The molecule has 0 fully saturated rings. The minimum atomic E-state index is -1.24. The van der Waals surface area contributed by atoms with Crippen molar-refractivity contribution >= 4 is 34.6 Å². The molecule has 3 aromatic rings. The molecule has 0 spiro atoms. The van der Waals surface area contributed by atoms with E-state index in [2.05, 4.69) is 30.9 Å². The van der Waals surface area contributed by atoms with E-state index in [-0.39, 0.29) is 18.8 Å². The van der Waals surface area contributed by atoms with Crippen LogP contribution >= 0.6 is 0 Å². The Labute approximate surface area is 213 Å². The van der Waals surface area contributed by atoms with Crippen molar-refractivity contribution in [3.63, 3.8) is 0 Å². The average molecular weight is 512 g/mol. The van der Waals surface area contributed by atoms with E-state index in [0.29, 0.717) is 5.69 Å².